The first-order valence-electron chi connectivity index (χ1n) is 5.24. The number of anilines is 1. The van der Waals surface area contributed by atoms with E-state index in [1.807, 2.05) is 0 Å². The number of nitrogens with two attached hydrogens (primary N) is 1. The molecule has 0 saturated carbocycles. The number of hydrogen-bond acceptors (Lipinski definition) is 5. The van der Waals surface area contributed by atoms with Crippen LogP contribution < -0.4 is 11.4 Å². The minimum Gasteiger partial charge on any atom is -0.393 e. The summed E-state index contributed by atoms with van der Waals surface area (Å²) in [5, 5.41) is 8.91. The van der Waals surface area contributed by atoms with Gasteiger partial charge in [-0.1, -0.05) is 11.6 Å². The van der Waals surface area contributed by atoms with Crippen molar-refractivity contribution in [3.05, 3.63) is 33.6 Å². The van der Waals surface area contributed by atoms with Gasteiger partial charge < -0.3 is 15.6 Å². The van der Waals surface area contributed by atoms with Gasteiger partial charge in [0, 0.05) is 11.8 Å². The van der Waals surface area contributed by atoms with Gasteiger partial charge in [-0.3, -0.25) is 4.57 Å². The van der Waals surface area contributed by atoms with Crippen molar-refractivity contribution >= 4 is 17.4 Å². The molecule has 1 saturated heterocycles. The smallest absolute Gasteiger partial charge is 0.351 e. The fraction of sp³-hybridized carbons (Fsp3) is 0.400. The molecule has 3 N–H and O–H groups in total. The number of alkyl halides is 1. The van der Waals surface area contributed by atoms with E-state index in [2.05, 4.69) is 4.98 Å². The largest absolute Gasteiger partial charge is 0.393 e. The zero-order valence-corrected chi connectivity index (χ0v) is 10.2. The van der Waals surface area contributed by atoms with E-state index in [-0.39, 0.29) is 22.7 Å². The Bertz CT molecular complexity index is 578. The van der Waals surface area contributed by atoms with Gasteiger partial charge in [0.05, 0.1) is 18.0 Å². The molecular formula is C10H10ClF2N3O3. The standard InChI is InChI=1S/C10H10ClF2N3O3/c11-5-2-16(10(18)15-8(5)14)9-7(13)4(1-12)6(3-17)19-9/h1-2,6-7,9,17H,3H2,(H2,14,15,18)/b4-1-. The highest BCUT2D eigenvalue weighted by Gasteiger charge is 2.42. The third kappa shape index (κ3) is 2.34. The molecule has 2 heterocycles. The first-order valence-corrected chi connectivity index (χ1v) is 5.62. The van der Waals surface area contributed by atoms with Crippen molar-refractivity contribution in [3.63, 3.8) is 0 Å². The van der Waals surface area contributed by atoms with E-state index in [1.165, 1.54) is 0 Å². The number of aliphatic hydroxyl groups is 1. The maximum absolute atomic E-state index is 14.0. The average molecular weight is 294 g/mol. The van der Waals surface area contributed by atoms with E-state index in [0.29, 0.717) is 0 Å². The van der Waals surface area contributed by atoms with Crippen LogP contribution in [0.25, 0.3) is 0 Å². The molecular weight excluding hydrogens is 284 g/mol. The number of rotatable bonds is 2. The molecule has 0 radical (unpaired) electrons. The summed E-state index contributed by atoms with van der Waals surface area (Å²) in [6, 6.07) is 0. The fourth-order valence-corrected chi connectivity index (χ4v) is 1.93. The molecule has 0 bridgehead atoms. The van der Waals surface area contributed by atoms with Crippen molar-refractivity contribution in [2.75, 3.05) is 12.3 Å². The number of aliphatic hydroxyl groups excluding tert-OH is 1. The number of hydrogen-bond donors (Lipinski definition) is 2. The number of nitrogens with zero attached hydrogens (tertiary/aromatic N) is 2. The second kappa shape index (κ2) is 5.24. The molecule has 0 amide bonds. The highest BCUT2D eigenvalue weighted by Crippen LogP contribution is 2.35. The molecule has 6 nitrogen and oxygen atoms in total. The van der Waals surface area contributed by atoms with E-state index in [0.717, 1.165) is 10.8 Å². The van der Waals surface area contributed by atoms with Crippen LogP contribution in [-0.2, 0) is 4.74 Å². The Morgan fingerprint density at radius 1 is 1.68 bits per heavy atom. The average Bonchev–Trinajstić information content (AvgIpc) is 2.70. The van der Waals surface area contributed by atoms with Crippen LogP contribution in [0.1, 0.15) is 6.23 Å². The number of aromatic nitrogens is 2. The van der Waals surface area contributed by atoms with Gasteiger partial charge in [-0.2, -0.15) is 4.98 Å². The van der Waals surface area contributed by atoms with Crippen molar-refractivity contribution in [1.82, 2.24) is 9.55 Å². The number of nitrogen functional groups attached to an aromatic ring is 1. The van der Waals surface area contributed by atoms with E-state index < -0.39 is 30.8 Å². The molecule has 19 heavy (non-hydrogen) atoms. The van der Waals surface area contributed by atoms with Gasteiger partial charge in [-0.15, -0.1) is 0 Å². The van der Waals surface area contributed by atoms with Gasteiger partial charge >= 0.3 is 5.69 Å². The Balaban J connectivity index is 2.44. The summed E-state index contributed by atoms with van der Waals surface area (Å²) in [7, 11) is 0. The quantitative estimate of drug-likeness (QED) is 0.831. The molecule has 3 unspecified atom stereocenters. The molecule has 1 fully saturated rings. The molecule has 3 atom stereocenters. The summed E-state index contributed by atoms with van der Waals surface area (Å²) >= 11 is 5.69. The Kier molecular flexibility index (Phi) is 3.83. The molecule has 1 aliphatic rings. The monoisotopic (exact) mass is 293 g/mol. The van der Waals surface area contributed by atoms with Gasteiger partial charge in [-0.05, 0) is 0 Å². The molecule has 0 spiro atoms. The third-order valence-corrected chi connectivity index (χ3v) is 3.04. The van der Waals surface area contributed by atoms with Crippen LogP contribution in [0.5, 0.6) is 0 Å². The maximum atomic E-state index is 14.0. The fourth-order valence-electron chi connectivity index (χ4n) is 1.78. The van der Waals surface area contributed by atoms with Crippen molar-refractivity contribution in [3.8, 4) is 0 Å². The van der Waals surface area contributed by atoms with E-state index in [1.54, 1.807) is 0 Å². The van der Waals surface area contributed by atoms with Crippen LogP contribution in [-0.4, -0.2) is 33.5 Å². The summed E-state index contributed by atoms with van der Waals surface area (Å²) in [6.45, 7) is -0.614. The highest BCUT2D eigenvalue weighted by atomic mass is 35.5. The van der Waals surface area contributed by atoms with Gasteiger partial charge in [-0.25, -0.2) is 13.6 Å². The Hall–Kier alpha value is -1.51. The van der Waals surface area contributed by atoms with Crippen LogP contribution >= 0.6 is 11.6 Å². The van der Waals surface area contributed by atoms with Gasteiger partial charge in [0.25, 0.3) is 0 Å². The Morgan fingerprint density at radius 3 is 2.89 bits per heavy atom. The van der Waals surface area contributed by atoms with Gasteiger partial charge in [0.1, 0.15) is 11.9 Å². The minimum absolute atomic E-state index is 0.0168. The van der Waals surface area contributed by atoms with Crippen LogP contribution in [0, 0.1) is 0 Å². The van der Waals surface area contributed by atoms with E-state index in [4.69, 9.17) is 27.2 Å². The molecule has 0 aromatic carbocycles. The van der Waals surface area contributed by atoms with E-state index >= 15 is 0 Å². The van der Waals surface area contributed by atoms with Crippen LogP contribution in [0.2, 0.25) is 5.02 Å². The third-order valence-electron chi connectivity index (χ3n) is 2.74. The second-order valence-corrected chi connectivity index (χ2v) is 4.28. The molecule has 1 aromatic rings. The molecule has 9 heteroatoms. The summed E-state index contributed by atoms with van der Waals surface area (Å²) in [4.78, 5) is 15.0. The van der Waals surface area contributed by atoms with Gasteiger partial charge in [0.15, 0.2) is 12.4 Å². The topological polar surface area (TPSA) is 90.4 Å². The first-order chi connectivity index (χ1) is 8.99. The zero-order chi connectivity index (χ0) is 14.2. The lowest BCUT2D eigenvalue weighted by atomic mass is 10.1. The molecule has 1 aliphatic heterocycles. The SMILES string of the molecule is Nc1nc(=O)n(C2OC(CO)/C(=C/F)C2F)cc1Cl. The number of ether oxygens (including phenoxy) is 1. The van der Waals surface area contributed by atoms with Gasteiger partial charge in [0.2, 0.25) is 0 Å². The van der Waals surface area contributed by atoms with Crippen LogP contribution in [0.4, 0.5) is 14.6 Å². The Morgan fingerprint density at radius 2 is 2.37 bits per heavy atom. The zero-order valence-electron chi connectivity index (χ0n) is 9.46. The lowest BCUT2D eigenvalue weighted by Crippen LogP contribution is -2.31. The minimum atomic E-state index is -1.93. The van der Waals surface area contributed by atoms with Crippen molar-refractivity contribution in [2.45, 2.75) is 18.5 Å². The maximum Gasteiger partial charge on any atom is 0.351 e. The first kappa shape index (κ1) is 13.9. The van der Waals surface area contributed by atoms with Crippen molar-refractivity contribution in [2.24, 2.45) is 0 Å². The lowest BCUT2D eigenvalue weighted by molar-refractivity contribution is -0.0375. The van der Waals surface area contributed by atoms with Crippen molar-refractivity contribution in [1.29, 1.82) is 0 Å². The predicted octanol–water partition coefficient (Wildman–Crippen LogP) is 0.560. The molecule has 2 rings (SSSR count). The normalized spacial score (nSPS) is 29.1. The highest BCUT2D eigenvalue weighted by molar-refractivity contribution is 6.32. The van der Waals surface area contributed by atoms with Crippen molar-refractivity contribution < 1.29 is 18.6 Å². The summed E-state index contributed by atoms with van der Waals surface area (Å²) in [5.41, 5.74) is 4.06. The van der Waals surface area contributed by atoms with Crippen LogP contribution in [0.3, 0.4) is 0 Å². The van der Waals surface area contributed by atoms with Crippen LogP contribution in [0.15, 0.2) is 22.9 Å². The van der Waals surface area contributed by atoms with E-state index in [9.17, 15) is 13.6 Å². The Labute approximate surface area is 111 Å². The molecule has 104 valence electrons. The second-order valence-electron chi connectivity index (χ2n) is 3.87. The number of halogens is 3. The summed E-state index contributed by atoms with van der Waals surface area (Å²) < 4.78 is 32.4. The lowest BCUT2D eigenvalue weighted by Gasteiger charge is -2.15. The summed E-state index contributed by atoms with van der Waals surface area (Å²) in [6.07, 6.45) is -3.46. The molecule has 0 aliphatic carbocycles. The predicted molar refractivity (Wildman–Crippen MR) is 63.0 cm³/mol. The molecule has 1 aromatic heterocycles. The summed E-state index contributed by atoms with van der Waals surface area (Å²) in [5.74, 6) is -0.198.